The fourth-order valence-electron chi connectivity index (χ4n) is 2.02. The maximum absolute atomic E-state index is 11.9. The van der Waals surface area contributed by atoms with E-state index in [-0.39, 0.29) is 11.7 Å². The number of amides is 1. The normalized spacial score (nSPS) is 11.0. The molecule has 0 aromatic heterocycles. The topological polar surface area (TPSA) is 74.0 Å². The Balaban J connectivity index is 2.21. The molecule has 2 rings (SSSR count). The largest absolute Gasteiger partial charge is 0.506 e. The highest BCUT2D eigenvalue weighted by atomic mass is 16.3. The van der Waals surface area contributed by atoms with Gasteiger partial charge in [-0.3, -0.25) is 9.79 Å². The zero-order valence-corrected chi connectivity index (χ0v) is 12.7. The predicted molar refractivity (Wildman–Crippen MR) is 93.5 cm³/mol. The molecule has 2 aromatic rings. The lowest BCUT2D eigenvalue weighted by Gasteiger charge is -2.07. The number of hydrogen-bond acceptors (Lipinski definition) is 4. The van der Waals surface area contributed by atoms with Crippen LogP contribution in [0.25, 0.3) is 6.08 Å². The average molecular weight is 307 g/mol. The van der Waals surface area contributed by atoms with Crippen molar-refractivity contribution in [1.82, 2.24) is 5.43 Å². The summed E-state index contributed by atoms with van der Waals surface area (Å²) in [6.45, 7) is 5.49. The third-order valence-electron chi connectivity index (χ3n) is 3.10. The Morgan fingerprint density at radius 2 is 1.96 bits per heavy atom. The first-order chi connectivity index (χ1) is 11.2. The van der Waals surface area contributed by atoms with E-state index in [1.54, 1.807) is 49.5 Å². The first kappa shape index (κ1) is 16.2. The molecular formula is C18H17N3O2. The van der Waals surface area contributed by atoms with Crippen molar-refractivity contribution in [2.24, 2.45) is 10.1 Å². The van der Waals surface area contributed by atoms with E-state index >= 15 is 0 Å². The number of carbonyl (C=O) groups is 1. The summed E-state index contributed by atoms with van der Waals surface area (Å²) in [4.78, 5) is 16.0. The summed E-state index contributed by atoms with van der Waals surface area (Å²) in [5, 5.41) is 13.8. The molecule has 2 N–H and O–H groups in total. The summed E-state index contributed by atoms with van der Waals surface area (Å²) in [6.07, 6.45) is 4.66. The van der Waals surface area contributed by atoms with Crippen LogP contribution in [0.3, 0.4) is 0 Å². The van der Waals surface area contributed by atoms with Gasteiger partial charge in [-0.15, -0.1) is 0 Å². The molecule has 1 amide bonds. The minimum atomic E-state index is -0.299. The molecule has 0 heterocycles. The monoisotopic (exact) mass is 307 g/mol. The molecule has 0 bridgehead atoms. The lowest BCUT2D eigenvalue weighted by molar-refractivity contribution is 0.0955. The van der Waals surface area contributed by atoms with Crippen LogP contribution in [-0.4, -0.2) is 23.4 Å². The molecule has 0 saturated heterocycles. The lowest BCUT2D eigenvalue weighted by Crippen LogP contribution is -2.17. The van der Waals surface area contributed by atoms with Crippen LogP contribution in [0.15, 0.2) is 59.1 Å². The summed E-state index contributed by atoms with van der Waals surface area (Å²) in [5.74, 6) is -0.240. The maximum Gasteiger partial charge on any atom is 0.271 e. The van der Waals surface area contributed by atoms with Crippen LogP contribution in [0.5, 0.6) is 5.75 Å². The van der Waals surface area contributed by atoms with Crippen molar-refractivity contribution in [1.29, 1.82) is 0 Å². The summed E-state index contributed by atoms with van der Waals surface area (Å²) < 4.78 is 0. The van der Waals surface area contributed by atoms with Gasteiger partial charge in [0.25, 0.3) is 5.91 Å². The van der Waals surface area contributed by atoms with E-state index < -0.39 is 0 Å². The highest BCUT2D eigenvalue weighted by Crippen LogP contribution is 2.33. The van der Waals surface area contributed by atoms with Crippen molar-refractivity contribution in [2.75, 3.05) is 0 Å². The van der Waals surface area contributed by atoms with Crippen molar-refractivity contribution in [2.45, 2.75) is 6.92 Å². The van der Waals surface area contributed by atoms with E-state index in [0.717, 1.165) is 0 Å². The van der Waals surface area contributed by atoms with E-state index in [2.05, 4.69) is 22.1 Å². The molecule has 5 heteroatoms. The molecule has 0 fully saturated rings. The molecule has 0 aliphatic heterocycles. The van der Waals surface area contributed by atoms with Crippen LogP contribution in [0.2, 0.25) is 0 Å². The Bertz CT molecular complexity index is 765. The number of hydrogen-bond donors (Lipinski definition) is 2. The number of nitrogens with zero attached hydrogens (tertiary/aromatic N) is 2. The van der Waals surface area contributed by atoms with Crippen molar-refractivity contribution < 1.29 is 9.90 Å². The standard InChI is InChI=1S/C18H17N3O2/c1-3-15-14(10-11-16(22)17(15)19-4-2)12-20-21-18(23)13-8-6-5-7-9-13/h3-12,22H,1H2,2H3,(H,21,23)/b19-4?,20-12+. The number of hydrazone groups is 1. The molecule has 0 radical (unpaired) electrons. The van der Waals surface area contributed by atoms with Crippen LogP contribution in [0, 0.1) is 0 Å². The summed E-state index contributed by atoms with van der Waals surface area (Å²) in [7, 11) is 0. The first-order valence-electron chi connectivity index (χ1n) is 7.03. The highest BCUT2D eigenvalue weighted by Gasteiger charge is 2.08. The summed E-state index contributed by atoms with van der Waals surface area (Å²) >= 11 is 0. The fraction of sp³-hybridized carbons (Fsp3) is 0.0556. The SMILES string of the molecule is C=Cc1c(/C=N/NC(=O)c2ccccc2)ccc(O)c1N=CC. The van der Waals surface area contributed by atoms with Crippen LogP contribution in [0.4, 0.5) is 5.69 Å². The Labute approximate surface area is 134 Å². The van der Waals surface area contributed by atoms with E-state index in [0.29, 0.717) is 22.4 Å². The molecule has 5 nitrogen and oxygen atoms in total. The predicted octanol–water partition coefficient (Wildman–Crippen LogP) is 3.52. The van der Waals surface area contributed by atoms with Gasteiger partial charge in [0.05, 0.1) is 6.21 Å². The molecule has 116 valence electrons. The van der Waals surface area contributed by atoms with Crippen LogP contribution in [0.1, 0.15) is 28.4 Å². The van der Waals surface area contributed by atoms with Gasteiger partial charge in [-0.05, 0) is 31.2 Å². The number of carbonyl (C=O) groups excluding carboxylic acids is 1. The number of aromatic hydroxyl groups is 1. The number of benzene rings is 2. The highest BCUT2D eigenvalue weighted by molar-refractivity contribution is 5.96. The van der Waals surface area contributed by atoms with Gasteiger partial charge in [0.2, 0.25) is 0 Å². The van der Waals surface area contributed by atoms with Gasteiger partial charge >= 0.3 is 0 Å². The number of nitrogens with one attached hydrogen (secondary N) is 1. The Hall–Kier alpha value is -3.21. The first-order valence-corrected chi connectivity index (χ1v) is 7.03. The van der Waals surface area contributed by atoms with E-state index in [4.69, 9.17) is 0 Å². The summed E-state index contributed by atoms with van der Waals surface area (Å²) in [6, 6.07) is 12.0. The molecule has 0 unspecified atom stereocenters. The molecule has 23 heavy (non-hydrogen) atoms. The molecule has 0 atom stereocenters. The van der Waals surface area contributed by atoms with Crippen LogP contribution >= 0.6 is 0 Å². The van der Waals surface area contributed by atoms with Gasteiger partial charge in [-0.2, -0.15) is 5.10 Å². The molecular weight excluding hydrogens is 290 g/mol. The zero-order valence-electron chi connectivity index (χ0n) is 12.7. The number of aliphatic imine (C=N–C) groups is 1. The number of phenolic OH excluding ortho intramolecular Hbond substituents is 1. The van der Waals surface area contributed by atoms with Crippen molar-refractivity contribution >= 4 is 30.1 Å². The third kappa shape index (κ3) is 3.91. The van der Waals surface area contributed by atoms with Gasteiger partial charge < -0.3 is 5.11 Å². The van der Waals surface area contributed by atoms with Gasteiger partial charge in [0, 0.05) is 22.9 Å². The molecule has 2 aromatic carbocycles. The number of phenols is 1. The van der Waals surface area contributed by atoms with Gasteiger partial charge in [-0.1, -0.05) is 30.9 Å². The lowest BCUT2D eigenvalue weighted by atomic mass is 10.1. The second-order valence-electron chi connectivity index (χ2n) is 4.59. The minimum Gasteiger partial charge on any atom is -0.506 e. The Morgan fingerprint density at radius 1 is 1.22 bits per heavy atom. The molecule has 0 saturated carbocycles. The van der Waals surface area contributed by atoms with Gasteiger partial charge in [0.15, 0.2) is 0 Å². The minimum absolute atomic E-state index is 0.0588. The van der Waals surface area contributed by atoms with E-state index in [9.17, 15) is 9.90 Å². The van der Waals surface area contributed by atoms with Crippen molar-refractivity contribution in [3.8, 4) is 5.75 Å². The fourth-order valence-corrected chi connectivity index (χ4v) is 2.02. The second kappa shape index (κ2) is 7.70. The van der Waals surface area contributed by atoms with E-state index in [1.165, 1.54) is 12.3 Å². The zero-order chi connectivity index (χ0) is 16.7. The number of rotatable bonds is 5. The smallest absolute Gasteiger partial charge is 0.271 e. The quantitative estimate of drug-likeness (QED) is 0.655. The maximum atomic E-state index is 11.9. The molecule has 0 spiro atoms. The Morgan fingerprint density at radius 3 is 2.61 bits per heavy atom. The third-order valence-corrected chi connectivity index (χ3v) is 3.10. The molecule has 0 aliphatic carbocycles. The summed E-state index contributed by atoms with van der Waals surface area (Å²) in [5.41, 5.74) is 4.73. The second-order valence-corrected chi connectivity index (χ2v) is 4.59. The van der Waals surface area contributed by atoms with Gasteiger partial charge in [0.1, 0.15) is 11.4 Å². The average Bonchev–Trinajstić information content (AvgIpc) is 2.58. The molecule has 0 aliphatic rings. The van der Waals surface area contributed by atoms with Crippen molar-refractivity contribution in [3.05, 3.63) is 65.7 Å². The van der Waals surface area contributed by atoms with Crippen LogP contribution < -0.4 is 5.43 Å². The van der Waals surface area contributed by atoms with Crippen molar-refractivity contribution in [3.63, 3.8) is 0 Å². The van der Waals surface area contributed by atoms with E-state index in [1.807, 2.05) is 6.07 Å². The van der Waals surface area contributed by atoms with Gasteiger partial charge in [-0.25, -0.2) is 5.43 Å². The Kier molecular flexibility index (Phi) is 5.41. The van der Waals surface area contributed by atoms with Crippen LogP contribution in [-0.2, 0) is 0 Å².